The van der Waals surface area contributed by atoms with Gasteiger partial charge < -0.3 is 10.4 Å². The van der Waals surface area contributed by atoms with Crippen LogP contribution in [0.3, 0.4) is 0 Å². The first-order valence-corrected chi connectivity index (χ1v) is 8.50. The molecule has 0 aromatic carbocycles. The summed E-state index contributed by atoms with van der Waals surface area (Å²) in [6, 6.07) is 0. The maximum absolute atomic E-state index is 12.2. The first-order chi connectivity index (χ1) is 8.60. The van der Waals surface area contributed by atoms with Crippen LogP contribution in [-0.4, -0.2) is 56.4 Å². The fourth-order valence-corrected chi connectivity index (χ4v) is 4.08. The molecule has 0 atom stereocenters. The average Bonchev–Trinajstić information content (AvgIpc) is 2.37. The van der Waals surface area contributed by atoms with Gasteiger partial charge in [-0.1, -0.05) is 6.92 Å². The highest BCUT2D eigenvalue weighted by Crippen LogP contribution is 2.18. The van der Waals surface area contributed by atoms with Crippen molar-refractivity contribution in [2.45, 2.75) is 32.6 Å². The zero-order chi connectivity index (χ0) is 13.4. The Morgan fingerprint density at radius 2 is 1.94 bits per heavy atom. The molecule has 0 radical (unpaired) electrons. The van der Waals surface area contributed by atoms with Crippen molar-refractivity contribution in [1.82, 2.24) is 9.62 Å². The Kier molecular flexibility index (Phi) is 7.14. The number of nitrogens with zero attached hydrogens (tertiary/aromatic N) is 1. The molecular weight excluding hydrogens is 252 g/mol. The van der Waals surface area contributed by atoms with E-state index in [2.05, 4.69) is 5.32 Å². The summed E-state index contributed by atoms with van der Waals surface area (Å²) in [5.74, 6) is 0.746. The Morgan fingerprint density at radius 1 is 1.28 bits per heavy atom. The summed E-state index contributed by atoms with van der Waals surface area (Å²) in [7, 11) is -3.19. The van der Waals surface area contributed by atoms with Gasteiger partial charge in [0.25, 0.3) is 0 Å². The molecule has 1 saturated heterocycles. The first kappa shape index (κ1) is 15.9. The Bertz CT molecular complexity index is 307. The van der Waals surface area contributed by atoms with Crippen LogP contribution in [0.25, 0.3) is 0 Å². The number of aliphatic hydroxyl groups excluding tert-OH is 1. The smallest absolute Gasteiger partial charge is 0.214 e. The zero-order valence-corrected chi connectivity index (χ0v) is 12.1. The van der Waals surface area contributed by atoms with Crippen LogP contribution in [0, 0.1) is 5.92 Å². The van der Waals surface area contributed by atoms with Gasteiger partial charge in [-0.15, -0.1) is 0 Å². The molecule has 1 aliphatic rings. The van der Waals surface area contributed by atoms with Crippen molar-refractivity contribution in [3.05, 3.63) is 0 Å². The molecule has 18 heavy (non-hydrogen) atoms. The van der Waals surface area contributed by atoms with Gasteiger partial charge in [-0.25, -0.2) is 8.42 Å². The van der Waals surface area contributed by atoms with E-state index in [0.717, 1.165) is 38.8 Å². The summed E-state index contributed by atoms with van der Waals surface area (Å²) < 4.78 is 25.7. The third-order valence-corrected chi connectivity index (χ3v) is 5.36. The highest BCUT2D eigenvalue weighted by atomic mass is 32.2. The van der Waals surface area contributed by atoms with Gasteiger partial charge in [0.05, 0.1) is 12.4 Å². The van der Waals surface area contributed by atoms with Crippen LogP contribution in [0.1, 0.15) is 32.6 Å². The van der Waals surface area contributed by atoms with E-state index in [1.54, 1.807) is 0 Å². The van der Waals surface area contributed by atoms with E-state index in [4.69, 9.17) is 5.11 Å². The fourth-order valence-electron chi connectivity index (χ4n) is 2.37. The number of rotatable bonds is 8. The Morgan fingerprint density at radius 3 is 2.50 bits per heavy atom. The highest BCUT2D eigenvalue weighted by molar-refractivity contribution is 7.89. The van der Waals surface area contributed by atoms with Gasteiger partial charge in [0.2, 0.25) is 10.0 Å². The van der Waals surface area contributed by atoms with E-state index in [0.29, 0.717) is 12.5 Å². The van der Waals surface area contributed by atoms with Crippen molar-refractivity contribution in [3.63, 3.8) is 0 Å². The molecule has 0 aromatic heterocycles. The highest BCUT2D eigenvalue weighted by Gasteiger charge is 2.23. The maximum Gasteiger partial charge on any atom is 0.214 e. The molecule has 0 unspecified atom stereocenters. The second-order valence-electron chi connectivity index (χ2n) is 4.92. The van der Waals surface area contributed by atoms with Crippen molar-refractivity contribution in [1.29, 1.82) is 0 Å². The molecule has 0 aromatic rings. The maximum atomic E-state index is 12.2. The standard InChI is InChI=1S/C12H26N2O3S/c1-2-8-14(9-10-15)18(16,17)11-5-12-3-6-13-7-4-12/h12-13,15H,2-11H2,1H3. The van der Waals surface area contributed by atoms with Crippen LogP contribution >= 0.6 is 0 Å². The predicted molar refractivity (Wildman–Crippen MR) is 72.9 cm³/mol. The van der Waals surface area contributed by atoms with Gasteiger partial charge in [0, 0.05) is 13.1 Å². The summed E-state index contributed by atoms with van der Waals surface area (Å²) in [4.78, 5) is 0. The fraction of sp³-hybridized carbons (Fsp3) is 1.00. The van der Waals surface area contributed by atoms with E-state index in [9.17, 15) is 8.42 Å². The average molecular weight is 278 g/mol. The van der Waals surface area contributed by atoms with Gasteiger partial charge in [-0.2, -0.15) is 4.31 Å². The molecule has 1 heterocycles. The van der Waals surface area contributed by atoms with E-state index in [1.165, 1.54) is 4.31 Å². The Hall–Kier alpha value is -0.170. The Balaban J connectivity index is 2.45. The van der Waals surface area contributed by atoms with Crippen LogP contribution in [0.15, 0.2) is 0 Å². The van der Waals surface area contributed by atoms with E-state index < -0.39 is 10.0 Å². The summed E-state index contributed by atoms with van der Waals surface area (Å²) >= 11 is 0. The zero-order valence-electron chi connectivity index (χ0n) is 11.3. The molecule has 0 bridgehead atoms. The molecule has 2 N–H and O–H groups in total. The van der Waals surface area contributed by atoms with E-state index >= 15 is 0 Å². The minimum absolute atomic E-state index is 0.105. The van der Waals surface area contributed by atoms with Crippen molar-refractivity contribution in [3.8, 4) is 0 Å². The van der Waals surface area contributed by atoms with Crippen molar-refractivity contribution in [2.24, 2.45) is 5.92 Å². The summed E-state index contributed by atoms with van der Waals surface area (Å²) in [6.07, 6.45) is 3.68. The van der Waals surface area contributed by atoms with Gasteiger partial charge in [-0.3, -0.25) is 0 Å². The van der Waals surface area contributed by atoms with Gasteiger partial charge in [-0.05, 0) is 44.7 Å². The monoisotopic (exact) mass is 278 g/mol. The lowest BCUT2D eigenvalue weighted by molar-refractivity contribution is 0.253. The first-order valence-electron chi connectivity index (χ1n) is 6.89. The Labute approximate surface area is 111 Å². The molecule has 1 aliphatic heterocycles. The van der Waals surface area contributed by atoms with Crippen LogP contribution in [0.2, 0.25) is 0 Å². The summed E-state index contributed by atoms with van der Waals surface area (Å²) in [6.45, 7) is 4.58. The minimum Gasteiger partial charge on any atom is -0.395 e. The lowest BCUT2D eigenvalue weighted by Crippen LogP contribution is -2.37. The van der Waals surface area contributed by atoms with Crippen LogP contribution in [-0.2, 0) is 10.0 Å². The van der Waals surface area contributed by atoms with Gasteiger partial charge >= 0.3 is 0 Å². The van der Waals surface area contributed by atoms with Crippen molar-refractivity contribution in [2.75, 3.05) is 38.5 Å². The predicted octanol–water partition coefficient (Wildman–Crippen LogP) is 0.410. The van der Waals surface area contributed by atoms with Crippen LogP contribution < -0.4 is 5.32 Å². The third-order valence-electron chi connectivity index (χ3n) is 3.46. The molecule has 6 heteroatoms. The van der Waals surface area contributed by atoms with Crippen molar-refractivity contribution < 1.29 is 13.5 Å². The molecule has 1 fully saturated rings. The molecule has 0 saturated carbocycles. The quantitative estimate of drug-likeness (QED) is 0.675. The largest absolute Gasteiger partial charge is 0.395 e. The van der Waals surface area contributed by atoms with Crippen molar-refractivity contribution >= 4 is 10.0 Å². The van der Waals surface area contributed by atoms with Crippen LogP contribution in [0.5, 0.6) is 0 Å². The van der Waals surface area contributed by atoms with Gasteiger partial charge in [0.1, 0.15) is 0 Å². The summed E-state index contributed by atoms with van der Waals surface area (Å²) in [5.41, 5.74) is 0. The lowest BCUT2D eigenvalue weighted by Gasteiger charge is -2.25. The number of aliphatic hydroxyl groups is 1. The second-order valence-corrected chi connectivity index (χ2v) is 7.01. The molecule has 0 amide bonds. The number of nitrogens with one attached hydrogen (secondary N) is 1. The number of sulfonamides is 1. The molecular formula is C12H26N2O3S. The second kappa shape index (κ2) is 8.09. The lowest BCUT2D eigenvalue weighted by atomic mass is 9.96. The van der Waals surface area contributed by atoms with Crippen LogP contribution in [0.4, 0.5) is 0 Å². The number of hydrogen-bond acceptors (Lipinski definition) is 4. The molecule has 0 aliphatic carbocycles. The molecule has 108 valence electrons. The molecule has 0 spiro atoms. The summed E-state index contributed by atoms with van der Waals surface area (Å²) in [5, 5.41) is 12.2. The topological polar surface area (TPSA) is 69.6 Å². The van der Waals surface area contributed by atoms with E-state index in [1.807, 2.05) is 6.92 Å². The van der Waals surface area contributed by atoms with Gasteiger partial charge in [0.15, 0.2) is 0 Å². The molecule has 5 nitrogen and oxygen atoms in total. The normalized spacial score (nSPS) is 18.4. The third kappa shape index (κ3) is 5.22. The number of hydrogen-bond donors (Lipinski definition) is 2. The SMILES string of the molecule is CCCN(CCO)S(=O)(=O)CCC1CCNCC1. The van der Waals surface area contributed by atoms with E-state index in [-0.39, 0.29) is 18.9 Å². The minimum atomic E-state index is -3.19. The number of piperidine rings is 1. The molecule has 1 rings (SSSR count).